The molecule has 4 nitrogen and oxygen atoms in total. The molecule has 0 bridgehead atoms. The number of hydrogen-bond acceptors (Lipinski definition) is 3. The van der Waals surface area contributed by atoms with Gasteiger partial charge in [0.25, 0.3) is 5.91 Å². The van der Waals surface area contributed by atoms with E-state index in [4.69, 9.17) is 21.1 Å². The van der Waals surface area contributed by atoms with Crippen molar-refractivity contribution < 1.29 is 14.3 Å². The van der Waals surface area contributed by atoms with E-state index in [1.165, 1.54) is 0 Å². The molecule has 3 aromatic carbocycles. The molecule has 0 spiro atoms. The summed E-state index contributed by atoms with van der Waals surface area (Å²) < 4.78 is 10.8. The third kappa shape index (κ3) is 4.87. The Morgan fingerprint density at radius 3 is 2.19 bits per heavy atom. The topological polar surface area (TPSA) is 38.8 Å². The van der Waals surface area contributed by atoms with E-state index in [0.717, 1.165) is 33.9 Å². The van der Waals surface area contributed by atoms with Crippen LogP contribution in [0.1, 0.15) is 23.6 Å². The standard InChI is InChI=1S/C27H24ClNO3/c1-3-32-25-14-4-19(5-15-25)16-22-17-26(21-8-10-23(28)11-9-21)29(27(22)30)18-20-6-12-24(31-2)13-7-20/h4-17H,3,18H2,1-2H3/b22-16+. The molecule has 5 heteroatoms. The SMILES string of the molecule is CCOc1ccc(/C=C2\C=C(c3ccc(Cl)cc3)N(Cc3ccc(OC)cc3)C2=O)cc1. The normalized spacial score (nSPS) is 14.6. The van der Waals surface area contributed by atoms with Crippen LogP contribution < -0.4 is 9.47 Å². The van der Waals surface area contributed by atoms with E-state index >= 15 is 0 Å². The van der Waals surface area contributed by atoms with Gasteiger partial charge < -0.3 is 14.4 Å². The first-order chi connectivity index (χ1) is 15.6. The number of ether oxygens (including phenoxy) is 2. The van der Waals surface area contributed by atoms with Crippen LogP contribution in [-0.2, 0) is 11.3 Å². The van der Waals surface area contributed by atoms with Gasteiger partial charge in [0.15, 0.2) is 0 Å². The molecule has 1 heterocycles. The Kier molecular flexibility index (Phi) is 6.62. The Morgan fingerprint density at radius 1 is 0.906 bits per heavy atom. The van der Waals surface area contributed by atoms with Crippen LogP contribution in [0.2, 0.25) is 5.02 Å². The van der Waals surface area contributed by atoms with Gasteiger partial charge in [0, 0.05) is 10.6 Å². The van der Waals surface area contributed by atoms with Gasteiger partial charge in [0.05, 0.1) is 26.0 Å². The maximum atomic E-state index is 13.4. The van der Waals surface area contributed by atoms with Gasteiger partial charge in [-0.3, -0.25) is 4.79 Å². The van der Waals surface area contributed by atoms with Crippen molar-refractivity contribution in [1.82, 2.24) is 4.90 Å². The Bertz CT molecular complexity index is 1150. The molecule has 32 heavy (non-hydrogen) atoms. The number of nitrogens with zero attached hydrogens (tertiary/aromatic N) is 1. The summed E-state index contributed by atoms with van der Waals surface area (Å²) in [5, 5.41) is 0.658. The summed E-state index contributed by atoms with van der Waals surface area (Å²) in [6.07, 6.45) is 3.84. The van der Waals surface area contributed by atoms with Crippen molar-refractivity contribution in [2.24, 2.45) is 0 Å². The number of amides is 1. The second kappa shape index (κ2) is 9.75. The smallest absolute Gasteiger partial charge is 0.258 e. The predicted molar refractivity (Wildman–Crippen MR) is 129 cm³/mol. The summed E-state index contributed by atoms with van der Waals surface area (Å²) in [4.78, 5) is 15.2. The zero-order valence-corrected chi connectivity index (χ0v) is 18.8. The molecule has 0 radical (unpaired) electrons. The highest BCUT2D eigenvalue weighted by molar-refractivity contribution is 6.30. The molecule has 162 valence electrons. The summed E-state index contributed by atoms with van der Waals surface area (Å²) in [6, 6.07) is 23.0. The summed E-state index contributed by atoms with van der Waals surface area (Å²) in [7, 11) is 1.64. The van der Waals surface area contributed by atoms with E-state index in [-0.39, 0.29) is 5.91 Å². The molecule has 3 aromatic rings. The van der Waals surface area contributed by atoms with E-state index in [0.29, 0.717) is 23.7 Å². The van der Waals surface area contributed by atoms with Gasteiger partial charge in [-0.25, -0.2) is 0 Å². The van der Waals surface area contributed by atoms with Crippen molar-refractivity contribution in [2.45, 2.75) is 13.5 Å². The molecule has 0 aliphatic carbocycles. The van der Waals surface area contributed by atoms with Crippen LogP contribution in [0.25, 0.3) is 11.8 Å². The van der Waals surface area contributed by atoms with Crippen molar-refractivity contribution in [3.8, 4) is 11.5 Å². The first-order valence-corrected chi connectivity index (χ1v) is 10.8. The van der Waals surface area contributed by atoms with Crippen LogP contribution in [0.15, 0.2) is 84.4 Å². The van der Waals surface area contributed by atoms with Crippen molar-refractivity contribution in [3.63, 3.8) is 0 Å². The van der Waals surface area contributed by atoms with Crippen LogP contribution in [-0.4, -0.2) is 24.5 Å². The van der Waals surface area contributed by atoms with Crippen LogP contribution >= 0.6 is 11.6 Å². The highest BCUT2D eigenvalue weighted by atomic mass is 35.5. The Morgan fingerprint density at radius 2 is 1.56 bits per heavy atom. The first-order valence-electron chi connectivity index (χ1n) is 10.4. The van der Waals surface area contributed by atoms with Crippen LogP contribution in [0.3, 0.4) is 0 Å². The molecule has 0 atom stereocenters. The molecular weight excluding hydrogens is 422 g/mol. The third-order valence-electron chi connectivity index (χ3n) is 5.23. The number of hydrogen-bond donors (Lipinski definition) is 0. The quantitative estimate of drug-likeness (QED) is 0.405. The van der Waals surface area contributed by atoms with Crippen molar-refractivity contribution in [2.75, 3.05) is 13.7 Å². The van der Waals surface area contributed by atoms with Crippen molar-refractivity contribution in [1.29, 1.82) is 0 Å². The van der Waals surface area contributed by atoms with E-state index in [2.05, 4.69) is 0 Å². The maximum Gasteiger partial charge on any atom is 0.258 e. The lowest BCUT2D eigenvalue weighted by molar-refractivity contribution is -0.123. The lowest BCUT2D eigenvalue weighted by atomic mass is 10.1. The van der Waals surface area contributed by atoms with Crippen LogP contribution in [0.4, 0.5) is 0 Å². The number of carbonyl (C=O) groups excluding carboxylic acids is 1. The fraction of sp³-hybridized carbons (Fsp3) is 0.148. The molecule has 0 unspecified atom stereocenters. The fourth-order valence-electron chi connectivity index (χ4n) is 3.59. The van der Waals surface area contributed by atoms with Gasteiger partial charge in [-0.05, 0) is 72.2 Å². The fourth-order valence-corrected chi connectivity index (χ4v) is 3.72. The molecule has 0 aromatic heterocycles. The molecular formula is C27H24ClNO3. The van der Waals surface area contributed by atoms with Crippen molar-refractivity contribution in [3.05, 3.63) is 106 Å². The third-order valence-corrected chi connectivity index (χ3v) is 5.48. The average Bonchev–Trinajstić information content (AvgIpc) is 3.11. The zero-order chi connectivity index (χ0) is 22.5. The summed E-state index contributed by atoms with van der Waals surface area (Å²) in [6.45, 7) is 3.03. The Hall–Kier alpha value is -3.50. The van der Waals surface area contributed by atoms with Gasteiger partial charge in [-0.2, -0.15) is 0 Å². The van der Waals surface area contributed by atoms with Crippen LogP contribution in [0, 0.1) is 0 Å². The molecule has 1 aliphatic rings. The number of halogens is 1. The van der Waals surface area contributed by atoms with E-state index in [1.54, 1.807) is 12.0 Å². The second-order valence-corrected chi connectivity index (χ2v) is 7.81. The zero-order valence-electron chi connectivity index (χ0n) is 18.0. The van der Waals surface area contributed by atoms with E-state index in [1.807, 2.05) is 91.9 Å². The molecule has 1 amide bonds. The Balaban J connectivity index is 1.67. The summed E-state index contributed by atoms with van der Waals surface area (Å²) in [5.74, 6) is 1.55. The first kappa shape index (κ1) is 21.7. The van der Waals surface area contributed by atoms with Crippen LogP contribution in [0.5, 0.6) is 11.5 Å². The minimum absolute atomic E-state index is 0.0420. The molecule has 0 N–H and O–H groups in total. The monoisotopic (exact) mass is 445 g/mol. The maximum absolute atomic E-state index is 13.4. The number of rotatable bonds is 7. The molecule has 0 saturated heterocycles. The summed E-state index contributed by atoms with van der Waals surface area (Å²) >= 11 is 6.08. The minimum Gasteiger partial charge on any atom is -0.497 e. The largest absolute Gasteiger partial charge is 0.497 e. The highest BCUT2D eigenvalue weighted by Gasteiger charge is 2.29. The number of benzene rings is 3. The van der Waals surface area contributed by atoms with Gasteiger partial charge in [-0.15, -0.1) is 0 Å². The van der Waals surface area contributed by atoms with Gasteiger partial charge in [-0.1, -0.05) is 48.0 Å². The van der Waals surface area contributed by atoms with Crippen molar-refractivity contribution >= 4 is 29.3 Å². The highest BCUT2D eigenvalue weighted by Crippen LogP contribution is 2.33. The molecule has 4 rings (SSSR count). The van der Waals surface area contributed by atoms with E-state index < -0.39 is 0 Å². The lowest BCUT2D eigenvalue weighted by Gasteiger charge is -2.21. The molecule has 1 aliphatic heterocycles. The van der Waals surface area contributed by atoms with Gasteiger partial charge >= 0.3 is 0 Å². The average molecular weight is 446 g/mol. The summed E-state index contributed by atoms with van der Waals surface area (Å²) in [5.41, 5.74) is 4.37. The number of carbonyl (C=O) groups is 1. The van der Waals surface area contributed by atoms with E-state index in [9.17, 15) is 4.79 Å². The second-order valence-electron chi connectivity index (χ2n) is 7.38. The lowest BCUT2D eigenvalue weighted by Crippen LogP contribution is -2.25. The van der Waals surface area contributed by atoms with Gasteiger partial charge in [0.2, 0.25) is 0 Å². The minimum atomic E-state index is -0.0420. The molecule has 0 saturated carbocycles. The van der Waals surface area contributed by atoms with Gasteiger partial charge in [0.1, 0.15) is 11.5 Å². The number of methoxy groups -OCH3 is 1. The predicted octanol–water partition coefficient (Wildman–Crippen LogP) is 6.21. The molecule has 0 fully saturated rings. The Labute approximate surface area is 193 Å².